The molecule has 0 spiro atoms. The molecule has 1 radical (unpaired) electrons. The Balaban J connectivity index is 2.27. The fourth-order valence-corrected chi connectivity index (χ4v) is 1.91. The number of hydrogen-bond acceptors (Lipinski definition) is 0. The molecule has 0 bridgehead atoms. The lowest BCUT2D eigenvalue weighted by Gasteiger charge is -2.18. The highest BCUT2D eigenvalue weighted by Gasteiger charge is 2.60. The first-order valence-corrected chi connectivity index (χ1v) is 3.68. The van der Waals surface area contributed by atoms with Crippen LogP contribution >= 0.6 is 0 Å². The van der Waals surface area contributed by atoms with Crippen molar-refractivity contribution in [2.45, 2.75) is 26.7 Å². The summed E-state index contributed by atoms with van der Waals surface area (Å²) < 4.78 is 0. The molecule has 1 saturated carbocycles. The van der Waals surface area contributed by atoms with Gasteiger partial charge in [-0.2, -0.15) is 0 Å². The Labute approximate surface area is 57.0 Å². The molecule has 9 heavy (non-hydrogen) atoms. The fraction of sp³-hybridized carbons (Fsp3) is 0.667. The maximum Gasteiger partial charge on any atom is -0.0195 e. The van der Waals surface area contributed by atoms with E-state index < -0.39 is 0 Å². The van der Waals surface area contributed by atoms with Crippen LogP contribution in [0.15, 0.2) is 12.2 Å². The lowest BCUT2D eigenvalue weighted by molar-refractivity contribution is 0.380. The van der Waals surface area contributed by atoms with E-state index in [1.54, 1.807) is 0 Å². The second kappa shape index (κ2) is 1.25. The molecule has 2 atom stereocenters. The molecule has 0 aromatic rings. The van der Waals surface area contributed by atoms with Crippen molar-refractivity contribution in [1.82, 2.24) is 0 Å². The number of fused-ring (bicyclic) bond motifs is 1. The van der Waals surface area contributed by atoms with Crippen LogP contribution in [0.5, 0.6) is 0 Å². The Hall–Kier alpha value is -0.260. The third kappa shape index (κ3) is 0.540. The van der Waals surface area contributed by atoms with Gasteiger partial charge in [0.1, 0.15) is 0 Å². The topological polar surface area (TPSA) is 0 Å². The highest BCUT2D eigenvalue weighted by molar-refractivity contribution is 5.30. The minimum absolute atomic E-state index is 0.571. The Bertz CT molecular complexity index is 151. The van der Waals surface area contributed by atoms with E-state index in [4.69, 9.17) is 0 Å². The maximum absolute atomic E-state index is 2.49. The van der Waals surface area contributed by atoms with Crippen molar-refractivity contribution in [1.29, 1.82) is 0 Å². The first-order valence-electron chi connectivity index (χ1n) is 3.68. The van der Waals surface area contributed by atoms with Gasteiger partial charge in [0.15, 0.2) is 0 Å². The van der Waals surface area contributed by atoms with Crippen LogP contribution in [0.1, 0.15) is 26.7 Å². The van der Waals surface area contributed by atoms with Crippen LogP contribution in [0, 0.1) is 17.3 Å². The van der Waals surface area contributed by atoms with Gasteiger partial charge in [-0.15, -0.1) is 0 Å². The van der Waals surface area contributed by atoms with Crippen molar-refractivity contribution >= 4 is 0 Å². The zero-order valence-electron chi connectivity index (χ0n) is 6.15. The van der Waals surface area contributed by atoms with Crippen LogP contribution in [0.4, 0.5) is 0 Å². The third-order valence-corrected chi connectivity index (χ3v) is 3.11. The molecule has 0 aromatic heterocycles. The molecule has 0 heterocycles. The molecule has 0 unspecified atom stereocenters. The summed E-state index contributed by atoms with van der Waals surface area (Å²) in [6.07, 6.45) is 9.64. The summed E-state index contributed by atoms with van der Waals surface area (Å²) in [5.41, 5.74) is 1.14. The van der Waals surface area contributed by atoms with E-state index >= 15 is 0 Å². The lowest BCUT2D eigenvalue weighted by atomic mass is 9.86. The zero-order valence-corrected chi connectivity index (χ0v) is 6.15. The molecule has 0 aliphatic heterocycles. The van der Waals surface area contributed by atoms with Gasteiger partial charge in [0.05, 0.1) is 0 Å². The summed E-state index contributed by atoms with van der Waals surface area (Å²) in [6, 6.07) is 0. The Morgan fingerprint density at radius 1 is 1.00 bits per heavy atom. The van der Waals surface area contributed by atoms with E-state index in [0.717, 1.165) is 0 Å². The van der Waals surface area contributed by atoms with Crippen LogP contribution < -0.4 is 0 Å². The van der Waals surface area contributed by atoms with Crippen molar-refractivity contribution in [3.63, 3.8) is 0 Å². The van der Waals surface area contributed by atoms with Gasteiger partial charge >= 0.3 is 0 Å². The molecule has 2 aliphatic carbocycles. The van der Waals surface area contributed by atoms with E-state index in [1.807, 2.05) is 0 Å². The van der Waals surface area contributed by atoms with E-state index in [2.05, 4.69) is 32.4 Å². The summed E-state index contributed by atoms with van der Waals surface area (Å²) in [5, 5.41) is 0. The molecule has 0 nitrogen and oxygen atoms in total. The van der Waals surface area contributed by atoms with Crippen LogP contribution in [0.25, 0.3) is 0 Å². The molecule has 0 N–H and O–H groups in total. The van der Waals surface area contributed by atoms with Gasteiger partial charge in [-0.25, -0.2) is 0 Å². The minimum atomic E-state index is 0.571. The maximum atomic E-state index is 2.49. The van der Waals surface area contributed by atoms with E-state index in [-0.39, 0.29) is 0 Å². The molecule has 0 heteroatoms. The summed E-state index contributed by atoms with van der Waals surface area (Å²) in [7, 11) is 0. The lowest BCUT2D eigenvalue weighted by Crippen LogP contribution is -2.08. The van der Waals surface area contributed by atoms with Crippen LogP contribution in [0.2, 0.25) is 0 Å². The predicted octanol–water partition coefficient (Wildman–Crippen LogP) is 2.57. The molecule has 0 amide bonds. The van der Waals surface area contributed by atoms with Gasteiger partial charge < -0.3 is 0 Å². The van der Waals surface area contributed by atoms with Crippen molar-refractivity contribution < 1.29 is 0 Å². The van der Waals surface area contributed by atoms with Crippen LogP contribution in [-0.4, -0.2) is 0 Å². The van der Waals surface area contributed by atoms with Gasteiger partial charge in [0.25, 0.3) is 0 Å². The standard InChI is InChI=1S/C9H13/c1-8-5-3-4-6-9(8,2)7-8/h3-4,7H,5-6H2,1-2H3/t8-,9+. The first kappa shape index (κ1) is 5.52. The summed E-state index contributed by atoms with van der Waals surface area (Å²) in [5.74, 6) is 0. The van der Waals surface area contributed by atoms with E-state index in [9.17, 15) is 0 Å². The SMILES string of the molecule is C[C@@]12[CH][C@]1(C)CC=CC2. The van der Waals surface area contributed by atoms with Gasteiger partial charge in [-0.3, -0.25) is 0 Å². The van der Waals surface area contributed by atoms with Crippen LogP contribution in [-0.2, 0) is 0 Å². The third-order valence-electron chi connectivity index (χ3n) is 3.11. The van der Waals surface area contributed by atoms with Crippen molar-refractivity contribution in [3.05, 3.63) is 18.6 Å². The van der Waals surface area contributed by atoms with Gasteiger partial charge in [0.2, 0.25) is 0 Å². The molecule has 0 aromatic carbocycles. The minimum Gasteiger partial charge on any atom is -0.0879 e. The molecule has 0 saturated heterocycles. The normalized spacial score (nSPS) is 54.9. The highest BCUT2D eigenvalue weighted by atomic mass is 14.6. The van der Waals surface area contributed by atoms with Crippen molar-refractivity contribution in [2.24, 2.45) is 10.8 Å². The zero-order chi connectivity index (χ0) is 6.54. The molecular formula is C9H13. The Kier molecular flexibility index (Phi) is 0.769. The van der Waals surface area contributed by atoms with Crippen molar-refractivity contribution in [2.75, 3.05) is 0 Å². The number of rotatable bonds is 0. The molecule has 49 valence electrons. The monoisotopic (exact) mass is 121 g/mol. The number of hydrogen-bond donors (Lipinski definition) is 0. The summed E-state index contributed by atoms with van der Waals surface area (Å²) in [6.45, 7) is 4.72. The van der Waals surface area contributed by atoms with Crippen LogP contribution in [0.3, 0.4) is 0 Å². The smallest absolute Gasteiger partial charge is 0.0195 e. The van der Waals surface area contributed by atoms with E-state index in [1.165, 1.54) is 12.8 Å². The Morgan fingerprint density at radius 2 is 1.44 bits per heavy atom. The quantitative estimate of drug-likeness (QED) is 0.432. The van der Waals surface area contributed by atoms with E-state index in [0.29, 0.717) is 10.8 Å². The average Bonchev–Trinajstić information content (AvgIpc) is 2.33. The molecule has 2 aliphatic rings. The first-order chi connectivity index (χ1) is 4.16. The van der Waals surface area contributed by atoms with Crippen molar-refractivity contribution in [3.8, 4) is 0 Å². The second-order valence-electron chi connectivity index (χ2n) is 3.86. The molecule has 1 fully saturated rings. The molecular weight excluding hydrogens is 108 g/mol. The van der Waals surface area contributed by atoms with Gasteiger partial charge in [-0.1, -0.05) is 26.0 Å². The number of allylic oxidation sites excluding steroid dienone is 2. The van der Waals surface area contributed by atoms with Gasteiger partial charge in [-0.05, 0) is 30.1 Å². The fourth-order valence-electron chi connectivity index (χ4n) is 1.91. The second-order valence-corrected chi connectivity index (χ2v) is 3.86. The largest absolute Gasteiger partial charge is 0.0879 e. The predicted molar refractivity (Wildman–Crippen MR) is 38.9 cm³/mol. The summed E-state index contributed by atoms with van der Waals surface area (Å²) >= 11 is 0. The summed E-state index contributed by atoms with van der Waals surface area (Å²) in [4.78, 5) is 0. The molecule has 2 rings (SSSR count). The average molecular weight is 121 g/mol. The van der Waals surface area contributed by atoms with Gasteiger partial charge in [0, 0.05) is 0 Å². The Morgan fingerprint density at radius 3 is 1.78 bits per heavy atom. The highest BCUT2D eigenvalue weighted by Crippen LogP contribution is 2.68.